The Morgan fingerprint density at radius 2 is 1.89 bits per heavy atom. The number of aliphatic hydroxyl groups excluding tert-OH is 1. The van der Waals surface area contributed by atoms with Gasteiger partial charge < -0.3 is 5.11 Å². The lowest BCUT2D eigenvalue weighted by molar-refractivity contribution is 0.192. The zero-order valence-corrected chi connectivity index (χ0v) is 13.2. The molecule has 0 bridgehead atoms. The summed E-state index contributed by atoms with van der Waals surface area (Å²) in [5.74, 6) is 0. The van der Waals surface area contributed by atoms with E-state index in [0.29, 0.717) is 0 Å². The van der Waals surface area contributed by atoms with Crippen LogP contribution in [0.4, 0.5) is 0 Å². The molecule has 1 heterocycles. The van der Waals surface area contributed by atoms with E-state index < -0.39 is 0 Å². The second-order valence-corrected chi connectivity index (χ2v) is 6.78. The van der Waals surface area contributed by atoms with E-state index in [0.717, 1.165) is 29.8 Å². The Balaban J connectivity index is 1.89. The first-order chi connectivity index (χ1) is 9.28. The lowest BCUT2D eigenvalue weighted by atomic mass is 10.1. The number of nitrogens with zero attached hydrogens (tertiary/aromatic N) is 1. The Labute approximate surface area is 126 Å². The molecule has 0 fully saturated rings. The van der Waals surface area contributed by atoms with E-state index >= 15 is 0 Å². The Hall–Kier alpha value is -0.680. The summed E-state index contributed by atoms with van der Waals surface area (Å²) in [7, 11) is 0. The predicted molar refractivity (Wildman–Crippen MR) is 84.5 cm³/mol. The van der Waals surface area contributed by atoms with Gasteiger partial charge in [0.2, 0.25) is 0 Å². The normalized spacial score (nSPS) is 11.1. The third kappa shape index (κ3) is 5.07. The molecule has 0 saturated heterocycles. The van der Waals surface area contributed by atoms with Crippen molar-refractivity contribution in [2.24, 2.45) is 0 Å². The average Bonchev–Trinajstić information content (AvgIpc) is 2.83. The first-order valence-electron chi connectivity index (χ1n) is 6.38. The van der Waals surface area contributed by atoms with Gasteiger partial charge in [-0.15, -0.1) is 11.3 Å². The fourth-order valence-corrected chi connectivity index (χ4v) is 3.23. The topological polar surface area (TPSA) is 23.5 Å². The molecule has 0 aliphatic rings. The first kappa shape index (κ1) is 14.7. The van der Waals surface area contributed by atoms with Gasteiger partial charge in [-0.05, 0) is 44.9 Å². The molecule has 0 atom stereocenters. The van der Waals surface area contributed by atoms with Crippen LogP contribution in [0.2, 0.25) is 0 Å². The number of benzene rings is 1. The van der Waals surface area contributed by atoms with Crippen LogP contribution in [0.15, 0.2) is 45.6 Å². The molecule has 4 heteroatoms. The SMILES string of the molecule is OCCN(CCc1ccccc1)Cc1csc(Br)c1. The van der Waals surface area contributed by atoms with Crippen LogP contribution in [0.1, 0.15) is 11.1 Å². The highest BCUT2D eigenvalue weighted by Crippen LogP contribution is 2.21. The molecule has 0 radical (unpaired) electrons. The van der Waals surface area contributed by atoms with E-state index in [9.17, 15) is 0 Å². The van der Waals surface area contributed by atoms with Gasteiger partial charge in [0.1, 0.15) is 0 Å². The van der Waals surface area contributed by atoms with Gasteiger partial charge in [0.05, 0.1) is 10.4 Å². The van der Waals surface area contributed by atoms with Crippen molar-refractivity contribution in [1.82, 2.24) is 4.90 Å². The largest absolute Gasteiger partial charge is 0.395 e. The maximum absolute atomic E-state index is 9.17. The van der Waals surface area contributed by atoms with Crippen molar-refractivity contribution < 1.29 is 5.11 Å². The highest BCUT2D eigenvalue weighted by atomic mass is 79.9. The minimum atomic E-state index is 0.208. The molecule has 0 spiro atoms. The van der Waals surface area contributed by atoms with Crippen LogP contribution in [0.25, 0.3) is 0 Å². The van der Waals surface area contributed by atoms with Gasteiger partial charge in [-0.1, -0.05) is 30.3 Å². The quantitative estimate of drug-likeness (QED) is 0.833. The number of rotatable bonds is 7. The Kier molecular flexibility index (Phi) is 6.04. The smallest absolute Gasteiger partial charge is 0.0701 e. The monoisotopic (exact) mass is 339 g/mol. The molecule has 1 aromatic carbocycles. The molecule has 1 aromatic heterocycles. The van der Waals surface area contributed by atoms with Gasteiger partial charge in [0, 0.05) is 19.6 Å². The molecular formula is C15H18BrNOS. The third-order valence-electron chi connectivity index (χ3n) is 3.00. The molecule has 2 aromatic rings. The summed E-state index contributed by atoms with van der Waals surface area (Å²) in [6.07, 6.45) is 1.02. The summed E-state index contributed by atoms with van der Waals surface area (Å²) >= 11 is 5.19. The molecule has 0 unspecified atom stereocenters. The van der Waals surface area contributed by atoms with E-state index in [1.54, 1.807) is 11.3 Å². The summed E-state index contributed by atoms with van der Waals surface area (Å²) in [6.45, 7) is 2.80. The van der Waals surface area contributed by atoms with Crippen molar-refractivity contribution in [2.45, 2.75) is 13.0 Å². The molecule has 19 heavy (non-hydrogen) atoms. The van der Waals surface area contributed by atoms with Crippen LogP contribution in [-0.2, 0) is 13.0 Å². The molecule has 0 amide bonds. The predicted octanol–water partition coefficient (Wildman–Crippen LogP) is 3.55. The molecule has 1 N–H and O–H groups in total. The van der Waals surface area contributed by atoms with E-state index in [2.05, 4.69) is 56.5 Å². The standard InChI is InChI=1S/C15H18BrNOS/c16-15-10-14(12-19-15)11-17(8-9-18)7-6-13-4-2-1-3-5-13/h1-5,10,12,18H,6-9,11H2. The summed E-state index contributed by atoms with van der Waals surface area (Å²) in [6, 6.07) is 12.6. The number of aliphatic hydroxyl groups is 1. The molecule has 2 nitrogen and oxygen atoms in total. The van der Waals surface area contributed by atoms with Crippen molar-refractivity contribution in [3.05, 3.63) is 56.7 Å². The minimum absolute atomic E-state index is 0.208. The summed E-state index contributed by atoms with van der Waals surface area (Å²) in [4.78, 5) is 2.29. The van der Waals surface area contributed by atoms with Crippen LogP contribution in [0.5, 0.6) is 0 Å². The van der Waals surface area contributed by atoms with Gasteiger partial charge in [-0.2, -0.15) is 0 Å². The third-order valence-corrected chi connectivity index (χ3v) is 4.56. The molecule has 2 rings (SSSR count). The summed E-state index contributed by atoms with van der Waals surface area (Å²) in [5.41, 5.74) is 2.65. The Bertz CT molecular complexity index is 486. The van der Waals surface area contributed by atoms with Crippen molar-refractivity contribution in [3.8, 4) is 0 Å². The maximum Gasteiger partial charge on any atom is 0.0701 e. The van der Waals surface area contributed by atoms with Crippen molar-refractivity contribution in [2.75, 3.05) is 19.7 Å². The zero-order chi connectivity index (χ0) is 13.5. The van der Waals surface area contributed by atoms with Crippen molar-refractivity contribution >= 4 is 27.3 Å². The highest BCUT2D eigenvalue weighted by Gasteiger charge is 2.07. The number of thiophene rings is 1. The highest BCUT2D eigenvalue weighted by molar-refractivity contribution is 9.11. The van der Waals surface area contributed by atoms with Gasteiger partial charge in [-0.3, -0.25) is 4.90 Å². The second kappa shape index (κ2) is 7.80. The fraction of sp³-hybridized carbons (Fsp3) is 0.333. The molecule has 0 saturated carbocycles. The molecule has 0 aliphatic heterocycles. The lowest BCUT2D eigenvalue weighted by Crippen LogP contribution is -2.28. The zero-order valence-electron chi connectivity index (χ0n) is 10.8. The summed E-state index contributed by atoms with van der Waals surface area (Å²) in [5, 5.41) is 11.3. The lowest BCUT2D eigenvalue weighted by Gasteiger charge is -2.20. The molecule has 0 aliphatic carbocycles. The molecular weight excluding hydrogens is 322 g/mol. The second-order valence-electron chi connectivity index (χ2n) is 4.49. The Morgan fingerprint density at radius 1 is 1.11 bits per heavy atom. The van der Waals surface area contributed by atoms with E-state index in [4.69, 9.17) is 5.11 Å². The average molecular weight is 340 g/mol. The van der Waals surface area contributed by atoms with Crippen LogP contribution < -0.4 is 0 Å². The van der Waals surface area contributed by atoms with Crippen LogP contribution in [-0.4, -0.2) is 29.7 Å². The van der Waals surface area contributed by atoms with Crippen LogP contribution in [0.3, 0.4) is 0 Å². The van der Waals surface area contributed by atoms with Gasteiger partial charge in [-0.25, -0.2) is 0 Å². The van der Waals surface area contributed by atoms with Crippen molar-refractivity contribution in [3.63, 3.8) is 0 Å². The van der Waals surface area contributed by atoms with Crippen LogP contribution in [0, 0.1) is 0 Å². The van der Waals surface area contributed by atoms with E-state index in [1.165, 1.54) is 11.1 Å². The minimum Gasteiger partial charge on any atom is -0.395 e. The van der Waals surface area contributed by atoms with E-state index in [-0.39, 0.29) is 6.61 Å². The fourth-order valence-electron chi connectivity index (χ4n) is 2.03. The van der Waals surface area contributed by atoms with Gasteiger partial charge >= 0.3 is 0 Å². The van der Waals surface area contributed by atoms with Crippen LogP contribution >= 0.6 is 27.3 Å². The van der Waals surface area contributed by atoms with Gasteiger partial charge in [0.15, 0.2) is 0 Å². The number of halogens is 1. The van der Waals surface area contributed by atoms with Crippen molar-refractivity contribution in [1.29, 1.82) is 0 Å². The maximum atomic E-state index is 9.17. The Morgan fingerprint density at radius 3 is 2.53 bits per heavy atom. The van der Waals surface area contributed by atoms with Gasteiger partial charge in [0.25, 0.3) is 0 Å². The number of hydrogen-bond donors (Lipinski definition) is 1. The summed E-state index contributed by atoms with van der Waals surface area (Å²) < 4.78 is 1.16. The van der Waals surface area contributed by atoms with E-state index in [1.807, 2.05) is 6.07 Å². The number of hydrogen-bond acceptors (Lipinski definition) is 3. The molecule has 102 valence electrons. The first-order valence-corrected chi connectivity index (χ1v) is 8.05.